The van der Waals surface area contributed by atoms with E-state index < -0.39 is 0 Å². The van der Waals surface area contributed by atoms with Crippen LogP contribution in [0.5, 0.6) is 0 Å². The minimum atomic E-state index is -0.0514. The Hall–Kier alpha value is -2.35. The number of furan rings is 1. The molecule has 106 valence electrons. The third kappa shape index (κ3) is 2.38. The molecule has 0 aliphatic carbocycles. The average Bonchev–Trinajstić information content (AvgIpc) is 2.85. The lowest BCUT2D eigenvalue weighted by Crippen LogP contribution is -2.03. The summed E-state index contributed by atoms with van der Waals surface area (Å²) in [5, 5.41) is 0.972. The quantitative estimate of drug-likeness (QED) is 0.624. The topological polar surface area (TPSA) is 30.2 Å². The Labute approximate surface area is 124 Å². The number of hydrogen-bond donors (Lipinski definition) is 0. The fourth-order valence-corrected chi connectivity index (χ4v) is 2.61. The summed E-state index contributed by atoms with van der Waals surface area (Å²) in [6.07, 6.45) is 0. The molecule has 2 nitrogen and oxygen atoms in total. The summed E-state index contributed by atoms with van der Waals surface area (Å²) in [7, 11) is 0. The van der Waals surface area contributed by atoms with Gasteiger partial charge in [-0.3, -0.25) is 4.79 Å². The molecule has 21 heavy (non-hydrogen) atoms. The van der Waals surface area contributed by atoms with Crippen LogP contribution < -0.4 is 0 Å². The predicted molar refractivity (Wildman–Crippen MR) is 85.0 cm³/mol. The molecule has 0 amide bonds. The van der Waals surface area contributed by atoms with E-state index in [9.17, 15) is 4.79 Å². The first kappa shape index (κ1) is 13.6. The van der Waals surface area contributed by atoms with E-state index in [1.54, 1.807) is 0 Å². The van der Waals surface area contributed by atoms with E-state index in [4.69, 9.17) is 4.42 Å². The minimum Gasteiger partial charge on any atom is -0.453 e. The highest BCUT2D eigenvalue weighted by Crippen LogP contribution is 2.24. The van der Waals surface area contributed by atoms with E-state index in [0.717, 1.165) is 27.7 Å². The van der Waals surface area contributed by atoms with E-state index in [1.807, 2.05) is 51.1 Å². The highest BCUT2D eigenvalue weighted by molar-refractivity contribution is 6.10. The number of hydrogen-bond acceptors (Lipinski definition) is 2. The van der Waals surface area contributed by atoms with Crippen LogP contribution in [0.3, 0.4) is 0 Å². The zero-order valence-corrected chi connectivity index (χ0v) is 12.8. The van der Waals surface area contributed by atoms with Gasteiger partial charge >= 0.3 is 0 Å². The number of aryl methyl sites for hydroxylation is 4. The van der Waals surface area contributed by atoms with Crippen molar-refractivity contribution in [2.75, 3.05) is 0 Å². The summed E-state index contributed by atoms with van der Waals surface area (Å²) in [5.41, 5.74) is 5.93. The number of rotatable bonds is 2. The van der Waals surface area contributed by atoms with Crippen LogP contribution in [0.25, 0.3) is 11.0 Å². The van der Waals surface area contributed by atoms with Crippen molar-refractivity contribution in [3.8, 4) is 0 Å². The van der Waals surface area contributed by atoms with Gasteiger partial charge in [0, 0.05) is 10.9 Å². The molecule has 0 N–H and O–H groups in total. The smallest absolute Gasteiger partial charge is 0.228 e. The van der Waals surface area contributed by atoms with Crippen LogP contribution in [-0.4, -0.2) is 5.78 Å². The van der Waals surface area contributed by atoms with Crippen molar-refractivity contribution in [3.05, 3.63) is 70.0 Å². The molecule has 2 heteroatoms. The molecule has 0 bridgehead atoms. The predicted octanol–water partition coefficient (Wildman–Crippen LogP) is 4.90. The molecule has 0 saturated carbocycles. The fraction of sp³-hybridized carbons (Fsp3) is 0.211. The molecule has 1 heterocycles. The highest BCUT2D eigenvalue weighted by atomic mass is 16.3. The summed E-state index contributed by atoms with van der Waals surface area (Å²) in [4.78, 5) is 12.7. The SMILES string of the molecule is Cc1ccc2oc(C(=O)c3cc(C)c(C)cc3C)cc2c1. The van der Waals surface area contributed by atoms with Gasteiger partial charge < -0.3 is 4.42 Å². The summed E-state index contributed by atoms with van der Waals surface area (Å²) in [5.74, 6) is 0.353. The molecule has 0 fully saturated rings. The van der Waals surface area contributed by atoms with E-state index in [1.165, 1.54) is 5.56 Å². The van der Waals surface area contributed by atoms with Crippen molar-refractivity contribution in [1.82, 2.24) is 0 Å². The lowest BCUT2D eigenvalue weighted by Gasteiger charge is -2.07. The van der Waals surface area contributed by atoms with Crippen LogP contribution in [0.15, 0.2) is 40.8 Å². The lowest BCUT2D eigenvalue weighted by atomic mass is 9.97. The van der Waals surface area contributed by atoms with Gasteiger partial charge in [-0.15, -0.1) is 0 Å². The fourth-order valence-electron chi connectivity index (χ4n) is 2.61. The van der Waals surface area contributed by atoms with Crippen LogP contribution in [0.4, 0.5) is 0 Å². The van der Waals surface area contributed by atoms with Crippen LogP contribution >= 0.6 is 0 Å². The van der Waals surface area contributed by atoms with E-state index >= 15 is 0 Å². The highest BCUT2D eigenvalue weighted by Gasteiger charge is 2.17. The van der Waals surface area contributed by atoms with Gasteiger partial charge in [-0.05, 0) is 68.7 Å². The number of carbonyl (C=O) groups excluding carboxylic acids is 1. The molecule has 0 aliphatic rings. The first-order valence-corrected chi connectivity index (χ1v) is 7.08. The number of carbonyl (C=O) groups is 1. The Morgan fingerprint density at radius 3 is 2.33 bits per heavy atom. The second-order valence-electron chi connectivity index (χ2n) is 5.73. The molecule has 1 aromatic heterocycles. The maximum atomic E-state index is 12.7. The standard InChI is InChI=1S/C19H18O2/c1-11-5-6-17-15(7-11)10-18(21-17)19(20)16-9-13(3)12(2)8-14(16)4/h5-10H,1-4H3. The van der Waals surface area contributed by atoms with Crippen molar-refractivity contribution in [2.24, 2.45) is 0 Å². The Balaban J connectivity index is 2.10. The molecular weight excluding hydrogens is 260 g/mol. The van der Waals surface area contributed by atoms with Gasteiger partial charge in [-0.25, -0.2) is 0 Å². The third-order valence-corrected chi connectivity index (χ3v) is 3.98. The Kier molecular flexibility index (Phi) is 3.17. The Morgan fingerprint density at radius 1 is 0.857 bits per heavy atom. The van der Waals surface area contributed by atoms with Crippen molar-refractivity contribution in [1.29, 1.82) is 0 Å². The summed E-state index contributed by atoms with van der Waals surface area (Å²) >= 11 is 0. The zero-order valence-electron chi connectivity index (χ0n) is 12.8. The van der Waals surface area contributed by atoms with Crippen LogP contribution in [-0.2, 0) is 0 Å². The van der Waals surface area contributed by atoms with E-state index in [2.05, 4.69) is 13.0 Å². The number of benzene rings is 2. The Bertz CT molecular complexity index is 853. The normalized spacial score (nSPS) is 11.0. The van der Waals surface area contributed by atoms with Crippen LogP contribution in [0.1, 0.15) is 38.4 Å². The molecule has 3 rings (SSSR count). The summed E-state index contributed by atoms with van der Waals surface area (Å²) in [6.45, 7) is 8.07. The molecule has 0 atom stereocenters. The second-order valence-corrected chi connectivity index (χ2v) is 5.73. The van der Waals surface area contributed by atoms with Crippen molar-refractivity contribution in [3.63, 3.8) is 0 Å². The molecule has 0 spiro atoms. The van der Waals surface area contributed by atoms with E-state index in [-0.39, 0.29) is 5.78 Å². The van der Waals surface area contributed by atoms with Crippen molar-refractivity contribution in [2.45, 2.75) is 27.7 Å². The Morgan fingerprint density at radius 2 is 1.57 bits per heavy atom. The molecule has 0 saturated heterocycles. The first-order valence-electron chi connectivity index (χ1n) is 7.08. The van der Waals surface area contributed by atoms with Gasteiger partial charge in [0.2, 0.25) is 5.78 Å². The first-order chi connectivity index (χ1) is 9.95. The van der Waals surface area contributed by atoms with Gasteiger partial charge in [0.05, 0.1) is 0 Å². The summed E-state index contributed by atoms with van der Waals surface area (Å²) < 4.78 is 5.71. The maximum absolute atomic E-state index is 12.7. The van der Waals surface area contributed by atoms with Crippen LogP contribution in [0.2, 0.25) is 0 Å². The molecule has 0 aliphatic heterocycles. The van der Waals surface area contributed by atoms with E-state index in [0.29, 0.717) is 11.3 Å². The second kappa shape index (κ2) is 4.88. The monoisotopic (exact) mass is 278 g/mol. The van der Waals surface area contributed by atoms with Gasteiger partial charge in [-0.1, -0.05) is 17.7 Å². The van der Waals surface area contributed by atoms with Crippen molar-refractivity contribution < 1.29 is 9.21 Å². The molecule has 2 aromatic carbocycles. The lowest BCUT2D eigenvalue weighted by molar-refractivity contribution is 0.101. The summed E-state index contributed by atoms with van der Waals surface area (Å²) in [6, 6.07) is 11.8. The molecule has 3 aromatic rings. The molecule has 0 unspecified atom stereocenters. The number of fused-ring (bicyclic) bond motifs is 1. The minimum absolute atomic E-state index is 0.0514. The average molecular weight is 278 g/mol. The third-order valence-electron chi connectivity index (χ3n) is 3.98. The van der Waals surface area contributed by atoms with Gasteiger partial charge in [0.25, 0.3) is 0 Å². The largest absolute Gasteiger partial charge is 0.453 e. The molecule has 0 radical (unpaired) electrons. The van der Waals surface area contributed by atoms with Crippen molar-refractivity contribution >= 4 is 16.8 Å². The van der Waals surface area contributed by atoms with Gasteiger partial charge in [0.1, 0.15) is 5.58 Å². The van der Waals surface area contributed by atoms with Gasteiger partial charge in [-0.2, -0.15) is 0 Å². The number of ketones is 1. The zero-order chi connectivity index (χ0) is 15.1. The van der Waals surface area contributed by atoms with Crippen LogP contribution in [0, 0.1) is 27.7 Å². The maximum Gasteiger partial charge on any atom is 0.228 e. The molecular formula is C19H18O2. The van der Waals surface area contributed by atoms with Gasteiger partial charge in [0.15, 0.2) is 5.76 Å².